The third-order valence-corrected chi connectivity index (χ3v) is 5.42. The molecule has 1 N–H and O–H groups in total. The van der Waals surface area contributed by atoms with Crippen molar-refractivity contribution in [2.45, 2.75) is 31.7 Å². The molecule has 0 fully saturated rings. The number of benzene rings is 1. The molecule has 0 heterocycles. The molecule has 0 spiro atoms. The van der Waals surface area contributed by atoms with Gasteiger partial charge in [0.05, 0.1) is 10.5 Å². The van der Waals surface area contributed by atoms with E-state index >= 15 is 0 Å². The lowest BCUT2D eigenvalue weighted by Crippen LogP contribution is -2.38. The predicted molar refractivity (Wildman–Crippen MR) is 90.0 cm³/mol. The summed E-state index contributed by atoms with van der Waals surface area (Å²) in [5.41, 5.74) is 0.178. The maximum Gasteiger partial charge on any atom is 0.338 e. The monoisotopic (exact) mass is 356 g/mol. The molecule has 1 aromatic rings. The van der Waals surface area contributed by atoms with Crippen LogP contribution in [0.3, 0.4) is 0 Å². The van der Waals surface area contributed by atoms with Crippen molar-refractivity contribution in [3.05, 3.63) is 29.8 Å². The normalized spacial score (nSPS) is 13.0. The molecule has 0 aliphatic carbocycles. The number of esters is 1. The Labute approximate surface area is 143 Å². The van der Waals surface area contributed by atoms with Crippen LogP contribution >= 0.6 is 0 Å². The van der Waals surface area contributed by atoms with E-state index < -0.39 is 16.0 Å². The number of amides is 1. The third-order valence-electron chi connectivity index (χ3n) is 3.59. The molecule has 1 amide bonds. The van der Waals surface area contributed by atoms with Crippen molar-refractivity contribution >= 4 is 21.9 Å². The van der Waals surface area contributed by atoms with Gasteiger partial charge in [-0.2, -0.15) is 0 Å². The zero-order valence-corrected chi connectivity index (χ0v) is 15.4. The van der Waals surface area contributed by atoms with Crippen LogP contribution in [0, 0.1) is 5.92 Å². The molecule has 1 rings (SSSR count). The number of sulfonamides is 1. The Morgan fingerprint density at radius 1 is 1.12 bits per heavy atom. The van der Waals surface area contributed by atoms with Gasteiger partial charge in [0.1, 0.15) is 0 Å². The summed E-state index contributed by atoms with van der Waals surface area (Å²) in [4.78, 5) is 23.7. The Bertz CT molecular complexity index is 681. The van der Waals surface area contributed by atoms with Crippen molar-refractivity contribution in [3.8, 4) is 0 Å². The number of carbonyl (C=O) groups is 2. The second kappa shape index (κ2) is 8.25. The number of hydrogen-bond acceptors (Lipinski definition) is 5. The highest BCUT2D eigenvalue weighted by molar-refractivity contribution is 7.89. The van der Waals surface area contributed by atoms with Crippen LogP contribution in [0.15, 0.2) is 29.2 Å². The summed E-state index contributed by atoms with van der Waals surface area (Å²) in [7, 11) is -0.700. The van der Waals surface area contributed by atoms with Gasteiger partial charge in [0.2, 0.25) is 10.0 Å². The van der Waals surface area contributed by atoms with E-state index in [2.05, 4.69) is 5.32 Å². The first-order valence-corrected chi connectivity index (χ1v) is 8.98. The van der Waals surface area contributed by atoms with Gasteiger partial charge in [-0.3, -0.25) is 4.79 Å². The average molecular weight is 356 g/mol. The van der Waals surface area contributed by atoms with E-state index in [1.165, 1.54) is 38.4 Å². The van der Waals surface area contributed by atoms with Gasteiger partial charge < -0.3 is 10.1 Å². The van der Waals surface area contributed by atoms with Crippen molar-refractivity contribution in [2.24, 2.45) is 5.92 Å². The van der Waals surface area contributed by atoms with Gasteiger partial charge in [0, 0.05) is 20.1 Å². The van der Waals surface area contributed by atoms with Crippen LogP contribution < -0.4 is 5.32 Å². The number of hydrogen-bond donors (Lipinski definition) is 1. The Balaban J connectivity index is 2.65. The fourth-order valence-corrected chi connectivity index (χ4v) is 2.55. The lowest BCUT2D eigenvalue weighted by Gasteiger charge is -2.17. The van der Waals surface area contributed by atoms with Crippen LogP contribution in [-0.4, -0.2) is 51.3 Å². The van der Waals surface area contributed by atoms with Crippen molar-refractivity contribution in [1.29, 1.82) is 0 Å². The lowest BCUT2D eigenvalue weighted by atomic mass is 10.1. The molecule has 0 saturated heterocycles. The van der Waals surface area contributed by atoms with Gasteiger partial charge >= 0.3 is 5.97 Å². The van der Waals surface area contributed by atoms with Crippen molar-refractivity contribution in [3.63, 3.8) is 0 Å². The molecule has 0 aromatic heterocycles. The van der Waals surface area contributed by atoms with Crippen LogP contribution in [0.4, 0.5) is 0 Å². The minimum Gasteiger partial charge on any atom is -0.452 e. The van der Waals surface area contributed by atoms with Crippen LogP contribution in [0.1, 0.15) is 31.1 Å². The fourth-order valence-electron chi connectivity index (χ4n) is 1.65. The molecular formula is C16H24N2O5S. The smallest absolute Gasteiger partial charge is 0.338 e. The molecule has 1 unspecified atom stereocenters. The maximum absolute atomic E-state index is 11.9. The number of rotatable bonds is 7. The van der Waals surface area contributed by atoms with E-state index in [1.807, 2.05) is 20.8 Å². The van der Waals surface area contributed by atoms with Gasteiger partial charge in [-0.1, -0.05) is 13.8 Å². The zero-order chi connectivity index (χ0) is 18.5. The minimum atomic E-state index is -3.55. The Hall–Kier alpha value is -1.93. The highest BCUT2D eigenvalue weighted by Crippen LogP contribution is 2.14. The molecule has 7 nitrogen and oxygen atoms in total. The predicted octanol–water partition coefficient (Wildman–Crippen LogP) is 1.25. The summed E-state index contributed by atoms with van der Waals surface area (Å²) in [5.74, 6) is -0.789. The van der Waals surface area contributed by atoms with Gasteiger partial charge in [-0.15, -0.1) is 0 Å². The van der Waals surface area contributed by atoms with Gasteiger partial charge in [0.15, 0.2) is 6.61 Å². The lowest BCUT2D eigenvalue weighted by molar-refractivity contribution is -0.125. The highest BCUT2D eigenvalue weighted by Gasteiger charge is 2.18. The molecular weight excluding hydrogens is 332 g/mol. The van der Waals surface area contributed by atoms with E-state index in [1.54, 1.807) is 0 Å². The SMILES string of the molecule is CC(C)C(C)NC(=O)COC(=O)c1ccc(S(=O)(=O)N(C)C)cc1. The molecule has 0 saturated carbocycles. The Morgan fingerprint density at radius 2 is 1.67 bits per heavy atom. The molecule has 0 radical (unpaired) electrons. The number of nitrogens with zero attached hydrogens (tertiary/aromatic N) is 1. The van der Waals surface area contributed by atoms with Crippen LogP contribution in [0.2, 0.25) is 0 Å². The average Bonchev–Trinajstić information content (AvgIpc) is 2.52. The first-order chi connectivity index (χ1) is 11.1. The van der Waals surface area contributed by atoms with Gasteiger partial charge in [-0.05, 0) is 37.1 Å². The molecule has 24 heavy (non-hydrogen) atoms. The zero-order valence-electron chi connectivity index (χ0n) is 14.6. The Kier molecular flexibility index (Phi) is 6.92. The summed E-state index contributed by atoms with van der Waals surface area (Å²) >= 11 is 0. The topological polar surface area (TPSA) is 92.8 Å². The van der Waals surface area contributed by atoms with E-state index in [-0.39, 0.29) is 34.9 Å². The first-order valence-electron chi connectivity index (χ1n) is 7.54. The van der Waals surface area contributed by atoms with Crippen molar-refractivity contribution in [1.82, 2.24) is 9.62 Å². The molecule has 1 aromatic carbocycles. The standard InChI is InChI=1S/C16H24N2O5S/c1-11(2)12(3)17-15(19)10-23-16(20)13-6-8-14(9-7-13)24(21,22)18(4)5/h6-9,11-12H,10H2,1-5H3,(H,17,19). The van der Waals surface area contributed by atoms with Crippen molar-refractivity contribution in [2.75, 3.05) is 20.7 Å². The second-order valence-electron chi connectivity index (χ2n) is 5.99. The second-order valence-corrected chi connectivity index (χ2v) is 8.14. The number of ether oxygens (including phenoxy) is 1. The van der Waals surface area contributed by atoms with E-state index in [4.69, 9.17) is 4.74 Å². The Morgan fingerprint density at radius 3 is 2.12 bits per heavy atom. The summed E-state index contributed by atoms with van der Waals surface area (Å²) in [5, 5.41) is 2.73. The molecule has 0 bridgehead atoms. The first kappa shape index (κ1) is 20.1. The third kappa shape index (κ3) is 5.31. The number of nitrogens with one attached hydrogen (secondary N) is 1. The largest absolute Gasteiger partial charge is 0.452 e. The summed E-state index contributed by atoms with van der Waals surface area (Å²) in [6.45, 7) is 5.43. The van der Waals surface area contributed by atoms with E-state index in [9.17, 15) is 18.0 Å². The molecule has 1 atom stereocenters. The molecule has 0 aliphatic heterocycles. The molecule has 8 heteroatoms. The van der Waals surface area contributed by atoms with Crippen LogP contribution in [-0.2, 0) is 19.6 Å². The fraction of sp³-hybridized carbons (Fsp3) is 0.500. The summed E-state index contributed by atoms with van der Waals surface area (Å²) < 4.78 is 29.9. The van der Waals surface area contributed by atoms with Gasteiger partial charge in [-0.25, -0.2) is 17.5 Å². The summed E-state index contributed by atoms with van der Waals surface area (Å²) in [6, 6.07) is 5.34. The molecule has 134 valence electrons. The van der Waals surface area contributed by atoms with Crippen molar-refractivity contribution < 1.29 is 22.7 Å². The summed E-state index contributed by atoms with van der Waals surface area (Å²) in [6.07, 6.45) is 0. The molecule has 0 aliphatic rings. The maximum atomic E-state index is 11.9. The minimum absolute atomic E-state index is 0.0216. The van der Waals surface area contributed by atoms with E-state index in [0.29, 0.717) is 0 Å². The quantitative estimate of drug-likeness (QED) is 0.742. The van der Waals surface area contributed by atoms with Crippen LogP contribution in [0.25, 0.3) is 0 Å². The van der Waals surface area contributed by atoms with E-state index in [0.717, 1.165) is 4.31 Å². The van der Waals surface area contributed by atoms with Gasteiger partial charge in [0.25, 0.3) is 5.91 Å². The number of carbonyl (C=O) groups excluding carboxylic acids is 2. The highest BCUT2D eigenvalue weighted by atomic mass is 32.2. The van der Waals surface area contributed by atoms with Crippen LogP contribution in [0.5, 0.6) is 0 Å².